The van der Waals surface area contributed by atoms with Crippen LogP contribution in [0.3, 0.4) is 0 Å². The Labute approximate surface area is 80.2 Å². The standard InChI is InChI=1S/C9H10F2N2O/c1-2-3-4-14-9-7(11)5-6(10)8(12)13-9/h2-3,5H,4H2,1H3,(H2,12,13)/b3-2+. The maximum atomic E-state index is 13.0. The minimum absolute atomic E-state index is 0.172. The minimum Gasteiger partial charge on any atom is -0.471 e. The van der Waals surface area contributed by atoms with Gasteiger partial charge < -0.3 is 10.5 Å². The molecule has 5 heteroatoms. The third-order valence-electron chi connectivity index (χ3n) is 1.48. The molecular formula is C9H10F2N2O. The summed E-state index contributed by atoms with van der Waals surface area (Å²) in [7, 11) is 0. The summed E-state index contributed by atoms with van der Waals surface area (Å²) in [5, 5.41) is 0. The number of nitrogen functional groups attached to an aromatic ring is 1. The molecule has 1 aromatic heterocycles. The zero-order valence-corrected chi connectivity index (χ0v) is 7.63. The average Bonchev–Trinajstić information content (AvgIpc) is 2.14. The van der Waals surface area contributed by atoms with Crippen LogP contribution in [0.15, 0.2) is 18.2 Å². The molecule has 0 spiro atoms. The monoisotopic (exact) mass is 200 g/mol. The van der Waals surface area contributed by atoms with Crippen LogP contribution in [0.25, 0.3) is 0 Å². The molecule has 0 aliphatic carbocycles. The second kappa shape index (κ2) is 4.55. The largest absolute Gasteiger partial charge is 0.471 e. The van der Waals surface area contributed by atoms with Crippen molar-refractivity contribution in [3.05, 3.63) is 29.9 Å². The van der Waals surface area contributed by atoms with Crippen molar-refractivity contribution in [1.82, 2.24) is 4.98 Å². The smallest absolute Gasteiger partial charge is 0.252 e. The second-order valence-electron chi connectivity index (χ2n) is 2.52. The number of pyridine rings is 1. The van der Waals surface area contributed by atoms with Crippen molar-refractivity contribution < 1.29 is 13.5 Å². The molecule has 0 aliphatic rings. The number of hydrogen-bond acceptors (Lipinski definition) is 3. The van der Waals surface area contributed by atoms with Crippen LogP contribution in [0.4, 0.5) is 14.6 Å². The van der Waals surface area contributed by atoms with Crippen molar-refractivity contribution in [2.75, 3.05) is 12.3 Å². The normalized spacial score (nSPS) is 10.8. The molecule has 0 radical (unpaired) electrons. The third kappa shape index (κ3) is 2.42. The molecule has 0 amide bonds. The Morgan fingerprint density at radius 3 is 2.86 bits per heavy atom. The highest BCUT2D eigenvalue weighted by Gasteiger charge is 2.09. The fourth-order valence-electron chi connectivity index (χ4n) is 0.788. The van der Waals surface area contributed by atoms with Gasteiger partial charge in [-0.15, -0.1) is 0 Å². The number of rotatable bonds is 3. The number of hydrogen-bond donors (Lipinski definition) is 1. The number of halogens is 2. The van der Waals surface area contributed by atoms with Gasteiger partial charge in [-0.05, 0) is 6.92 Å². The van der Waals surface area contributed by atoms with E-state index in [9.17, 15) is 8.78 Å². The first kappa shape index (κ1) is 10.4. The summed E-state index contributed by atoms with van der Waals surface area (Å²) in [6.45, 7) is 1.97. The lowest BCUT2D eigenvalue weighted by atomic mass is 10.4. The van der Waals surface area contributed by atoms with Crippen LogP contribution in [-0.4, -0.2) is 11.6 Å². The van der Waals surface area contributed by atoms with E-state index in [2.05, 4.69) is 4.98 Å². The van der Waals surface area contributed by atoms with Gasteiger partial charge in [0.15, 0.2) is 17.5 Å². The Kier molecular flexibility index (Phi) is 3.39. The maximum absolute atomic E-state index is 13.0. The second-order valence-corrected chi connectivity index (χ2v) is 2.52. The van der Waals surface area contributed by atoms with Crippen LogP contribution < -0.4 is 10.5 Å². The highest BCUT2D eigenvalue weighted by molar-refractivity contribution is 5.34. The Morgan fingerprint density at radius 1 is 1.50 bits per heavy atom. The van der Waals surface area contributed by atoms with E-state index < -0.39 is 11.6 Å². The van der Waals surface area contributed by atoms with Crippen LogP contribution in [0.5, 0.6) is 5.88 Å². The summed E-state index contributed by atoms with van der Waals surface area (Å²) in [6, 6.07) is 0.646. The molecule has 0 saturated carbocycles. The molecule has 14 heavy (non-hydrogen) atoms. The Hall–Kier alpha value is -1.65. The molecule has 0 atom stereocenters. The molecule has 76 valence electrons. The van der Waals surface area contributed by atoms with Gasteiger partial charge in [-0.2, -0.15) is 4.98 Å². The van der Waals surface area contributed by atoms with Gasteiger partial charge in [0.1, 0.15) is 6.61 Å². The Bertz CT molecular complexity index is 353. The van der Waals surface area contributed by atoms with E-state index in [1.54, 1.807) is 19.1 Å². The number of aromatic nitrogens is 1. The van der Waals surface area contributed by atoms with E-state index in [0.717, 1.165) is 0 Å². The molecular weight excluding hydrogens is 190 g/mol. The molecule has 0 aliphatic heterocycles. The number of anilines is 1. The first-order valence-electron chi connectivity index (χ1n) is 4.00. The van der Waals surface area contributed by atoms with Gasteiger partial charge >= 0.3 is 0 Å². The molecule has 2 N–H and O–H groups in total. The zero-order chi connectivity index (χ0) is 10.6. The summed E-state index contributed by atoms with van der Waals surface area (Å²) in [5.41, 5.74) is 5.14. The van der Waals surface area contributed by atoms with E-state index in [0.29, 0.717) is 6.07 Å². The van der Waals surface area contributed by atoms with Gasteiger partial charge in [0, 0.05) is 6.07 Å². The van der Waals surface area contributed by atoms with Gasteiger partial charge in [-0.25, -0.2) is 8.78 Å². The van der Waals surface area contributed by atoms with Crippen molar-refractivity contribution in [2.24, 2.45) is 0 Å². The SMILES string of the molecule is C/C=C/COc1nc(N)c(F)cc1F. The number of nitrogens with zero attached hydrogens (tertiary/aromatic N) is 1. The molecule has 3 nitrogen and oxygen atoms in total. The van der Waals surface area contributed by atoms with E-state index >= 15 is 0 Å². The predicted octanol–water partition coefficient (Wildman–Crippen LogP) is 1.90. The van der Waals surface area contributed by atoms with Crippen molar-refractivity contribution >= 4 is 5.82 Å². The third-order valence-corrected chi connectivity index (χ3v) is 1.48. The van der Waals surface area contributed by atoms with Crippen molar-refractivity contribution in [3.8, 4) is 5.88 Å². The molecule has 0 fully saturated rings. The summed E-state index contributed by atoms with van der Waals surface area (Å²) in [6.07, 6.45) is 3.41. The van der Waals surface area contributed by atoms with Gasteiger partial charge in [0.25, 0.3) is 5.88 Å². The molecule has 0 bridgehead atoms. The quantitative estimate of drug-likeness (QED) is 0.758. The average molecular weight is 200 g/mol. The van der Waals surface area contributed by atoms with Gasteiger partial charge in [0.05, 0.1) is 0 Å². The van der Waals surface area contributed by atoms with Crippen LogP contribution in [0.1, 0.15) is 6.92 Å². The van der Waals surface area contributed by atoms with Crippen molar-refractivity contribution in [3.63, 3.8) is 0 Å². The first-order valence-corrected chi connectivity index (χ1v) is 4.00. The zero-order valence-electron chi connectivity index (χ0n) is 7.63. The highest BCUT2D eigenvalue weighted by Crippen LogP contribution is 2.18. The first-order chi connectivity index (χ1) is 6.65. The maximum Gasteiger partial charge on any atom is 0.252 e. The van der Waals surface area contributed by atoms with Crippen LogP contribution >= 0.6 is 0 Å². The minimum atomic E-state index is -0.888. The van der Waals surface area contributed by atoms with Crippen LogP contribution in [-0.2, 0) is 0 Å². The summed E-state index contributed by atoms with van der Waals surface area (Å²) in [5.74, 6) is -2.41. The molecule has 1 heterocycles. The van der Waals surface area contributed by atoms with Crippen molar-refractivity contribution in [2.45, 2.75) is 6.92 Å². The fraction of sp³-hybridized carbons (Fsp3) is 0.222. The van der Waals surface area contributed by atoms with E-state index in [-0.39, 0.29) is 18.3 Å². The van der Waals surface area contributed by atoms with Gasteiger partial charge in [-0.3, -0.25) is 0 Å². The molecule has 1 aromatic rings. The topological polar surface area (TPSA) is 48.1 Å². The Balaban J connectivity index is 2.81. The van der Waals surface area contributed by atoms with Crippen molar-refractivity contribution in [1.29, 1.82) is 0 Å². The fourth-order valence-corrected chi connectivity index (χ4v) is 0.788. The van der Waals surface area contributed by atoms with E-state index in [1.165, 1.54) is 0 Å². The van der Waals surface area contributed by atoms with E-state index in [1.807, 2.05) is 0 Å². The lowest BCUT2D eigenvalue weighted by Crippen LogP contribution is -2.03. The summed E-state index contributed by atoms with van der Waals surface area (Å²) < 4.78 is 30.5. The molecule has 0 aromatic carbocycles. The Morgan fingerprint density at radius 2 is 2.21 bits per heavy atom. The summed E-state index contributed by atoms with van der Waals surface area (Å²) >= 11 is 0. The summed E-state index contributed by atoms with van der Waals surface area (Å²) in [4.78, 5) is 3.42. The van der Waals surface area contributed by atoms with E-state index in [4.69, 9.17) is 10.5 Å². The van der Waals surface area contributed by atoms with Crippen LogP contribution in [0, 0.1) is 11.6 Å². The van der Waals surface area contributed by atoms with Gasteiger partial charge in [-0.1, -0.05) is 12.2 Å². The predicted molar refractivity (Wildman–Crippen MR) is 48.9 cm³/mol. The lowest BCUT2D eigenvalue weighted by Gasteiger charge is -2.04. The van der Waals surface area contributed by atoms with Gasteiger partial charge in [0.2, 0.25) is 0 Å². The molecule has 0 saturated heterocycles. The number of nitrogens with two attached hydrogens (primary N) is 1. The lowest BCUT2D eigenvalue weighted by molar-refractivity contribution is 0.325. The number of ether oxygens (including phenoxy) is 1. The molecule has 1 rings (SSSR count). The van der Waals surface area contributed by atoms with Crippen LogP contribution in [0.2, 0.25) is 0 Å². The molecule has 0 unspecified atom stereocenters. The highest BCUT2D eigenvalue weighted by atomic mass is 19.1. The number of allylic oxidation sites excluding steroid dienone is 1.